The van der Waals surface area contributed by atoms with E-state index < -0.39 is 0 Å². The third kappa shape index (κ3) is 5.53. The maximum absolute atomic E-state index is 6.75. The van der Waals surface area contributed by atoms with Gasteiger partial charge in [0.25, 0.3) is 0 Å². The van der Waals surface area contributed by atoms with Crippen LogP contribution >= 0.6 is 0 Å². The molecule has 0 N–H and O–H groups in total. The lowest BCUT2D eigenvalue weighted by molar-refractivity contribution is 0.670. The average molecular weight is 690 g/mol. The summed E-state index contributed by atoms with van der Waals surface area (Å²) in [6, 6.07) is 75.8. The van der Waals surface area contributed by atoms with Crippen LogP contribution in [-0.2, 0) is 0 Å². The summed E-state index contributed by atoms with van der Waals surface area (Å²) in [6.07, 6.45) is 0. The minimum atomic E-state index is 0.869. The highest BCUT2D eigenvalue weighted by molar-refractivity contribution is 6.17. The number of anilines is 3. The zero-order chi connectivity index (χ0) is 35.8. The molecular weight excluding hydrogens is 655 g/mol. The molecule has 1 aromatic heterocycles. The number of rotatable bonds is 7. The first-order valence-electron chi connectivity index (χ1n) is 18.4. The van der Waals surface area contributed by atoms with Gasteiger partial charge in [-0.2, -0.15) is 0 Å². The molecule has 2 nitrogen and oxygen atoms in total. The highest BCUT2D eigenvalue weighted by Gasteiger charge is 2.23. The molecule has 0 unspecified atom stereocenters. The molecule has 9 aromatic carbocycles. The molecule has 1 heterocycles. The van der Waals surface area contributed by atoms with Gasteiger partial charge in [0.1, 0.15) is 11.2 Å². The molecule has 10 aromatic rings. The molecule has 10 rings (SSSR count). The Bertz CT molecular complexity index is 2920. The van der Waals surface area contributed by atoms with Crippen molar-refractivity contribution >= 4 is 49.8 Å². The summed E-state index contributed by atoms with van der Waals surface area (Å²) in [5, 5.41) is 4.65. The van der Waals surface area contributed by atoms with E-state index in [1.807, 2.05) is 6.07 Å². The zero-order valence-electron chi connectivity index (χ0n) is 29.6. The van der Waals surface area contributed by atoms with Gasteiger partial charge in [0.05, 0.1) is 11.1 Å². The Morgan fingerprint density at radius 3 is 1.67 bits per heavy atom. The first kappa shape index (κ1) is 31.6. The van der Waals surface area contributed by atoms with Gasteiger partial charge in [0, 0.05) is 22.3 Å². The number of hydrogen-bond acceptors (Lipinski definition) is 2. The highest BCUT2D eigenvalue weighted by atomic mass is 16.3. The SMILES string of the molecule is c1ccc(-c2ccccc2-c2cccc(N(c3ccc(-c4cccc5ccccc45)cc3)c3ccc(-c4ccccc4)c4oc5ccccc5c34)c2)cc1. The summed E-state index contributed by atoms with van der Waals surface area (Å²) in [5.74, 6) is 0. The van der Waals surface area contributed by atoms with E-state index in [0.717, 1.165) is 55.7 Å². The van der Waals surface area contributed by atoms with E-state index in [-0.39, 0.29) is 0 Å². The minimum absolute atomic E-state index is 0.869. The van der Waals surface area contributed by atoms with Crippen LogP contribution in [0.3, 0.4) is 0 Å². The van der Waals surface area contributed by atoms with Crippen molar-refractivity contribution in [3.8, 4) is 44.5 Å². The van der Waals surface area contributed by atoms with Gasteiger partial charge in [-0.25, -0.2) is 0 Å². The molecule has 54 heavy (non-hydrogen) atoms. The maximum Gasteiger partial charge on any atom is 0.145 e. The fourth-order valence-corrected chi connectivity index (χ4v) is 7.95. The number of furan rings is 1. The van der Waals surface area contributed by atoms with Crippen LogP contribution in [-0.4, -0.2) is 0 Å². The minimum Gasteiger partial charge on any atom is -0.455 e. The smallest absolute Gasteiger partial charge is 0.145 e. The zero-order valence-corrected chi connectivity index (χ0v) is 29.6. The standard InChI is InChI=1S/C52H35NO/c1-3-15-36(16-4-1)44-24-9-10-25-46(44)40-21-13-22-42(35-40)53(41-31-29-39(30-32-41)45-27-14-20-37-19-7-8-23-43(37)45)49-34-33-47(38-17-5-2-6-18-38)52-51(49)48-26-11-12-28-50(48)54-52/h1-35H. The second kappa shape index (κ2) is 13.4. The monoisotopic (exact) mass is 689 g/mol. The van der Waals surface area contributed by atoms with Gasteiger partial charge in [-0.15, -0.1) is 0 Å². The summed E-state index contributed by atoms with van der Waals surface area (Å²) in [5.41, 5.74) is 14.3. The predicted octanol–water partition coefficient (Wildman–Crippen LogP) is 14.9. The van der Waals surface area contributed by atoms with E-state index in [1.165, 1.54) is 38.6 Å². The lowest BCUT2D eigenvalue weighted by Gasteiger charge is -2.27. The molecule has 2 heteroatoms. The van der Waals surface area contributed by atoms with Gasteiger partial charge in [0.2, 0.25) is 0 Å². The molecule has 0 saturated heterocycles. The summed E-state index contributed by atoms with van der Waals surface area (Å²) >= 11 is 0. The van der Waals surface area contributed by atoms with Crippen molar-refractivity contribution in [1.29, 1.82) is 0 Å². The molecule has 0 atom stereocenters. The lowest BCUT2D eigenvalue weighted by atomic mass is 9.94. The van der Waals surface area contributed by atoms with Gasteiger partial charge in [-0.1, -0.05) is 170 Å². The van der Waals surface area contributed by atoms with Crippen LogP contribution in [0.1, 0.15) is 0 Å². The molecule has 0 saturated carbocycles. The molecule has 0 bridgehead atoms. The summed E-state index contributed by atoms with van der Waals surface area (Å²) in [7, 11) is 0. The Hall–Kier alpha value is -7.16. The molecule has 0 aliphatic rings. The van der Waals surface area contributed by atoms with Crippen molar-refractivity contribution in [2.24, 2.45) is 0 Å². The van der Waals surface area contributed by atoms with E-state index in [2.05, 4.69) is 211 Å². The number of para-hydroxylation sites is 1. The van der Waals surface area contributed by atoms with Crippen LogP contribution in [0, 0.1) is 0 Å². The third-order valence-corrected chi connectivity index (χ3v) is 10.5. The third-order valence-electron chi connectivity index (χ3n) is 10.5. The van der Waals surface area contributed by atoms with E-state index in [4.69, 9.17) is 4.42 Å². The van der Waals surface area contributed by atoms with Crippen LogP contribution < -0.4 is 4.90 Å². The van der Waals surface area contributed by atoms with Crippen LogP contribution in [0.25, 0.3) is 77.2 Å². The molecule has 0 amide bonds. The van der Waals surface area contributed by atoms with E-state index in [0.29, 0.717) is 0 Å². The highest BCUT2D eigenvalue weighted by Crippen LogP contribution is 2.47. The molecule has 0 aliphatic carbocycles. The Kier molecular flexibility index (Phi) is 7.85. The largest absolute Gasteiger partial charge is 0.455 e. The predicted molar refractivity (Wildman–Crippen MR) is 228 cm³/mol. The second-order valence-electron chi connectivity index (χ2n) is 13.7. The number of nitrogens with zero attached hydrogens (tertiary/aromatic N) is 1. The van der Waals surface area contributed by atoms with E-state index in [1.54, 1.807) is 0 Å². The van der Waals surface area contributed by atoms with Crippen molar-refractivity contribution in [3.05, 3.63) is 212 Å². The van der Waals surface area contributed by atoms with Crippen LogP contribution in [0.4, 0.5) is 17.1 Å². The summed E-state index contributed by atoms with van der Waals surface area (Å²) in [6.45, 7) is 0. The van der Waals surface area contributed by atoms with Gasteiger partial charge in [-0.05, 0) is 92.2 Å². The summed E-state index contributed by atoms with van der Waals surface area (Å²) in [4.78, 5) is 2.39. The number of hydrogen-bond donors (Lipinski definition) is 0. The average Bonchev–Trinajstić information content (AvgIpc) is 3.65. The Balaban J connectivity index is 1.20. The Morgan fingerprint density at radius 1 is 0.333 bits per heavy atom. The molecule has 0 aliphatic heterocycles. The molecular formula is C52H35NO. The first-order chi connectivity index (χ1) is 26.8. The lowest BCUT2D eigenvalue weighted by Crippen LogP contribution is -2.10. The van der Waals surface area contributed by atoms with Gasteiger partial charge < -0.3 is 9.32 Å². The fraction of sp³-hybridized carbons (Fsp3) is 0. The maximum atomic E-state index is 6.75. The fourth-order valence-electron chi connectivity index (χ4n) is 7.95. The summed E-state index contributed by atoms with van der Waals surface area (Å²) < 4.78 is 6.75. The Labute approximate surface area is 314 Å². The van der Waals surface area contributed by atoms with Gasteiger partial charge >= 0.3 is 0 Å². The van der Waals surface area contributed by atoms with Crippen LogP contribution in [0.2, 0.25) is 0 Å². The van der Waals surface area contributed by atoms with Crippen molar-refractivity contribution in [3.63, 3.8) is 0 Å². The van der Waals surface area contributed by atoms with Crippen LogP contribution in [0.5, 0.6) is 0 Å². The van der Waals surface area contributed by atoms with E-state index in [9.17, 15) is 0 Å². The van der Waals surface area contributed by atoms with Gasteiger partial charge in [-0.3, -0.25) is 0 Å². The molecule has 0 radical (unpaired) electrons. The van der Waals surface area contributed by atoms with Crippen molar-refractivity contribution < 1.29 is 4.42 Å². The quantitative estimate of drug-likeness (QED) is 0.166. The topological polar surface area (TPSA) is 16.4 Å². The Morgan fingerprint density at radius 2 is 0.889 bits per heavy atom. The van der Waals surface area contributed by atoms with Crippen molar-refractivity contribution in [2.75, 3.05) is 4.90 Å². The van der Waals surface area contributed by atoms with Crippen molar-refractivity contribution in [2.45, 2.75) is 0 Å². The van der Waals surface area contributed by atoms with Gasteiger partial charge in [0.15, 0.2) is 0 Å². The molecule has 0 spiro atoms. The first-order valence-corrected chi connectivity index (χ1v) is 18.4. The van der Waals surface area contributed by atoms with Crippen LogP contribution in [0.15, 0.2) is 217 Å². The van der Waals surface area contributed by atoms with Crippen molar-refractivity contribution in [1.82, 2.24) is 0 Å². The normalized spacial score (nSPS) is 11.3. The number of benzene rings is 9. The second-order valence-corrected chi connectivity index (χ2v) is 13.7. The van der Waals surface area contributed by atoms with E-state index >= 15 is 0 Å². The molecule has 0 fully saturated rings. The number of fused-ring (bicyclic) bond motifs is 4. The molecule has 254 valence electrons.